The Balaban J connectivity index is 3.12. The molecule has 0 saturated heterocycles. The highest BCUT2D eigenvalue weighted by Gasteiger charge is 2.12. The first-order valence-corrected chi connectivity index (χ1v) is 5.08. The number of ketones is 1. The average Bonchev–Trinajstić information content (AvgIpc) is 2.16. The highest BCUT2D eigenvalue weighted by atomic mass is 19.1. The zero-order valence-corrected chi connectivity index (χ0v) is 9.88. The number of carbonyl (C=O) groups is 1. The topological polar surface area (TPSA) is 20.3 Å². The Morgan fingerprint density at radius 3 is 2.56 bits per heavy atom. The summed E-state index contributed by atoms with van der Waals surface area (Å²) in [6, 6.07) is 4.25. The van der Waals surface area contributed by atoms with Crippen molar-refractivity contribution < 1.29 is 9.18 Å². The monoisotopic (exact) mass is 221 g/mol. The molecule has 0 aliphatic carbocycles. The van der Waals surface area contributed by atoms with Crippen molar-refractivity contribution in [1.82, 2.24) is 0 Å². The van der Waals surface area contributed by atoms with Crippen LogP contribution in [0.5, 0.6) is 0 Å². The molecule has 0 aliphatic heterocycles. The Bertz CT molecular complexity index is 426. The van der Waals surface area contributed by atoms with E-state index in [9.17, 15) is 9.18 Å². The summed E-state index contributed by atoms with van der Waals surface area (Å²) in [6.45, 7) is 7.80. The standard InChI is InChI=1S/C13H16FNO/c1-9(2)8-15(4)13-6-5-11(14)7-12(13)10(3)16/h5-7H,1,8H2,2-4H3. The van der Waals surface area contributed by atoms with Gasteiger partial charge in [0.2, 0.25) is 0 Å². The first-order chi connectivity index (χ1) is 7.41. The lowest BCUT2D eigenvalue weighted by Crippen LogP contribution is -2.21. The molecule has 0 heterocycles. The smallest absolute Gasteiger partial charge is 0.161 e. The minimum Gasteiger partial charge on any atom is -0.370 e. The maximum Gasteiger partial charge on any atom is 0.161 e. The SMILES string of the molecule is C=C(C)CN(C)c1ccc(F)cc1C(C)=O. The van der Waals surface area contributed by atoms with Gasteiger partial charge in [-0.05, 0) is 32.0 Å². The van der Waals surface area contributed by atoms with E-state index in [1.807, 2.05) is 18.9 Å². The second-order valence-electron chi connectivity index (χ2n) is 4.03. The highest BCUT2D eigenvalue weighted by molar-refractivity contribution is 5.99. The molecule has 1 rings (SSSR count). The predicted octanol–water partition coefficient (Wildman–Crippen LogP) is 3.04. The van der Waals surface area contributed by atoms with E-state index in [1.165, 1.54) is 19.1 Å². The minimum atomic E-state index is -0.391. The summed E-state index contributed by atoms with van der Waals surface area (Å²) in [6.07, 6.45) is 0. The predicted molar refractivity (Wildman–Crippen MR) is 64.5 cm³/mol. The highest BCUT2D eigenvalue weighted by Crippen LogP contribution is 2.21. The number of rotatable bonds is 4. The molecule has 0 radical (unpaired) electrons. The second kappa shape index (κ2) is 4.92. The molecule has 0 amide bonds. The number of anilines is 1. The maximum absolute atomic E-state index is 13.0. The van der Waals surface area contributed by atoms with Crippen LogP contribution in [-0.2, 0) is 0 Å². The molecule has 3 heteroatoms. The number of carbonyl (C=O) groups excluding carboxylic acids is 1. The van der Waals surface area contributed by atoms with Crippen LogP contribution in [0.25, 0.3) is 0 Å². The number of likely N-dealkylation sites (N-methyl/N-ethyl adjacent to an activating group) is 1. The lowest BCUT2D eigenvalue weighted by molar-refractivity contribution is 0.101. The summed E-state index contributed by atoms with van der Waals surface area (Å²) in [7, 11) is 1.86. The molecule has 0 N–H and O–H groups in total. The molecule has 16 heavy (non-hydrogen) atoms. The van der Waals surface area contributed by atoms with Gasteiger partial charge in [-0.3, -0.25) is 4.79 Å². The van der Waals surface area contributed by atoms with Crippen LogP contribution in [0.1, 0.15) is 24.2 Å². The Morgan fingerprint density at radius 1 is 1.44 bits per heavy atom. The molecule has 0 atom stereocenters. The van der Waals surface area contributed by atoms with Gasteiger partial charge in [-0.15, -0.1) is 0 Å². The Labute approximate surface area is 95.4 Å². The molecule has 0 fully saturated rings. The number of halogens is 1. The number of hydrogen-bond donors (Lipinski definition) is 0. The number of benzene rings is 1. The van der Waals surface area contributed by atoms with Gasteiger partial charge in [0.05, 0.1) is 0 Å². The number of nitrogens with zero attached hydrogens (tertiary/aromatic N) is 1. The van der Waals surface area contributed by atoms with Crippen molar-refractivity contribution in [2.75, 3.05) is 18.5 Å². The van der Waals surface area contributed by atoms with E-state index in [1.54, 1.807) is 6.07 Å². The fourth-order valence-corrected chi connectivity index (χ4v) is 1.61. The lowest BCUT2D eigenvalue weighted by atomic mass is 10.1. The number of Topliss-reactive ketones (excluding diaryl/α,β-unsaturated/α-hetero) is 1. The Morgan fingerprint density at radius 2 is 2.06 bits per heavy atom. The summed E-state index contributed by atoms with van der Waals surface area (Å²) in [4.78, 5) is 13.3. The Kier molecular flexibility index (Phi) is 3.82. The molecular weight excluding hydrogens is 205 g/mol. The maximum atomic E-state index is 13.0. The fourth-order valence-electron chi connectivity index (χ4n) is 1.61. The van der Waals surface area contributed by atoms with Crippen LogP contribution in [-0.4, -0.2) is 19.4 Å². The van der Waals surface area contributed by atoms with E-state index in [0.717, 1.165) is 11.3 Å². The van der Waals surface area contributed by atoms with E-state index in [-0.39, 0.29) is 5.78 Å². The van der Waals surface area contributed by atoms with Crippen LogP contribution in [0, 0.1) is 5.82 Å². The molecule has 2 nitrogen and oxygen atoms in total. The summed E-state index contributed by atoms with van der Waals surface area (Å²) in [5.74, 6) is -0.527. The summed E-state index contributed by atoms with van der Waals surface area (Å²) >= 11 is 0. The van der Waals surface area contributed by atoms with Gasteiger partial charge in [0.25, 0.3) is 0 Å². The Hall–Kier alpha value is -1.64. The molecule has 0 aromatic heterocycles. The van der Waals surface area contributed by atoms with Crippen molar-refractivity contribution in [2.24, 2.45) is 0 Å². The van der Waals surface area contributed by atoms with Gasteiger partial charge in [-0.25, -0.2) is 4.39 Å². The summed E-state index contributed by atoms with van der Waals surface area (Å²) in [5, 5.41) is 0. The average molecular weight is 221 g/mol. The molecular formula is C13H16FNO. The van der Waals surface area contributed by atoms with Gasteiger partial charge in [0, 0.05) is 24.8 Å². The molecule has 0 bridgehead atoms. The third-order valence-electron chi connectivity index (χ3n) is 2.26. The van der Waals surface area contributed by atoms with E-state index in [4.69, 9.17) is 0 Å². The van der Waals surface area contributed by atoms with Gasteiger partial charge in [0.1, 0.15) is 5.82 Å². The third kappa shape index (κ3) is 2.92. The summed E-state index contributed by atoms with van der Waals surface area (Å²) in [5.41, 5.74) is 2.13. The van der Waals surface area contributed by atoms with Gasteiger partial charge in [-0.2, -0.15) is 0 Å². The summed E-state index contributed by atoms with van der Waals surface area (Å²) < 4.78 is 13.0. The largest absolute Gasteiger partial charge is 0.370 e. The van der Waals surface area contributed by atoms with Gasteiger partial charge in [0.15, 0.2) is 5.78 Å². The van der Waals surface area contributed by atoms with Crippen molar-refractivity contribution in [1.29, 1.82) is 0 Å². The molecule has 0 unspecified atom stereocenters. The normalized spacial score (nSPS) is 10.0. The molecule has 0 aliphatic rings. The van der Waals surface area contributed by atoms with E-state index < -0.39 is 5.82 Å². The minimum absolute atomic E-state index is 0.136. The van der Waals surface area contributed by atoms with Crippen molar-refractivity contribution >= 4 is 11.5 Å². The molecule has 1 aromatic rings. The van der Waals surface area contributed by atoms with Crippen LogP contribution >= 0.6 is 0 Å². The van der Waals surface area contributed by atoms with E-state index >= 15 is 0 Å². The van der Waals surface area contributed by atoms with Crippen LogP contribution in [0.2, 0.25) is 0 Å². The zero-order valence-electron chi connectivity index (χ0n) is 9.88. The second-order valence-corrected chi connectivity index (χ2v) is 4.03. The van der Waals surface area contributed by atoms with Gasteiger partial charge >= 0.3 is 0 Å². The molecule has 86 valence electrons. The van der Waals surface area contributed by atoms with Gasteiger partial charge in [-0.1, -0.05) is 12.2 Å². The van der Waals surface area contributed by atoms with Crippen molar-refractivity contribution in [2.45, 2.75) is 13.8 Å². The molecule has 0 saturated carbocycles. The van der Waals surface area contributed by atoms with E-state index in [2.05, 4.69) is 6.58 Å². The van der Waals surface area contributed by atoms with Crippen LogP contribution < -0.4 is 4.90 Å². The van der Waals surface area contributed by atoms with Gasteiger partial charge < -0.3 is 4.90 Å². The quantitative estimate of drug-likeness (QED) is 0.575. The molecule has 1 aromatic carbocycles. The van der Waals surface area contributed by atoms with Crippen molar-refractivity contribution in [3.8, 4) is 0 Å². The fraction of sp³-hybridized carbons (Fsp3) is 0.308. The van der Waals surface area contributed by atoms with E-state index in [0.29, 0.717) is 12.1 Å². The van der Waals surface area contributed by atoms with Crippen LogP contribution in [0.15, 0.2) is 30.4 Å². The third-order valence-corrected chi connectivity index (χ3v) is 2.26. The zero-order chi connectivity index (χ0) is 12.3. The lowest BCUT2D eigenvalue weighted by Gasteiger charge is -2.21. The van der Waals surface area contributed by atoms with Crippen molar-refractivity contribution in [3.05, 3.63) is 41.7 Å². The first kappa shape index (κ1) is 12.4. The van der Waals surface area contributed by atoms with Crippen molar-refractivity contribution in [3.63, 3.8) is 0 Å². The number of hydrogen-bond acceptors (Lipinski definition) is 2. The van der Waals surface area contributed by atoms with Crippen LogP contribution in [0.3, 0.4) is 0 Å². The first-order valence-electron chi connectivity index (χ1n) is 5.08. The molecule has 0 spiro atoms. The van der Waals surface area contributed by atoms with Crippen LogP contribution in [0.4, 0.5) is 10.1 Å².